The number of carbonyl (C=O) groups is 1. The van der Waals surface area contributed by atoms with E-state index in [9.17, 15) is 4.79 Å². The number of rotatable bonds is 6. The van der Waals surface area contributed by atoms with Gasteiger partial charge < -0.3 is 14.8 Å². The summed E-state index contributed by atoms with van der Waals surface area (Å²) >= 11 is 0. The largest absolute Gasteiger partial charge is 0.496 e. The third kappa shape index (κ3) is 3.51. The molecule has 20 heavy (non-hydrogen) atoms. The fraction of sp³-hybridized carbons (Fsp3) is 0.562. The summed E-state index contributed by atoms with van der Waals surface area (Å²) in [7, 11) is 3.16. The molecule has 1 atom stereocenters. The number of carbonyl (C=O) groups excluding carboxylic acids is 1. The summed E-state index contributed by atoms with van der Waals surface area (Å²) in [6.45, 7) is 1.07. The van der Waals surface area contributed by atoms with Crippen molar-refractivity contribution in [2.75, 3.05) is 20.8 Å². The summed E-state index contributed by atoms with van der Waals surface area (Å²) in [4.78, 5) is 12.5. The van der Waals surface area contributed by atoms with E-state index in [0.29, 0.717) is 29.5 Å². The summed E-state index contributed by atoms with van der Waals surface area (Å²) in [5, 5.41) is 3.47. The van der Waals surface area contributed by atoms with Gasteiger partial charge in [0.05, 0.1) is 14.2 Å². The zero-order chi connectivity index (χ0) is 14.4. The van der Waals surface area contributed by atoms with Crippen LogP contribution < -0.4 is 14.8 Å². The van der Waals surface area contributed by atoms with Crippen molar-refractivity contribution in [1.82, 2.24) is 5.32 Å². The molecule has 0 radical (unpaired) electrons. The van der Waals surface area contributed by atoms with Gasteiger partial charge in [0.2, 0.25) is 0 Å². The SMILES string of the molecule is COc1cccc(OC)c1C(=O)CCC1CCCCN1. The van der Waals surface area contributed by atoms with Gasteiger partial charge in [0.1, 0.15) is 17.1 Å². The highest BCUT2D eigenvalue weighted by atomic mass is 16.5. The molecule has 0 aromatic heterocycles. The summed E-state index contributed by atoms with van der Waals surface area (Å²) in [5.41, 5.74) is 0.563. The van der Waals surface area contributed by atoms with Gasteiger partial charge in [0.15, 0.2) is 5.78 Å². The Kier molecular flexibility index (Phi) is 5.41. The maximum Gasteiger partial charge on any atom is 0.170 e. The Morgan fingerprint density at radius 1 is 1.25 bits per heavy atom. The highest BCUT2D eigenvalue weighted by Gasteiger charge is 2.20. The van der Waals surface area contributed by atoms with Crippen LogP contribution in [0.4, 0.5) is 0 Å². The number of Topliss-reactive ketones (excluding diaryl/α,β-unsaturated/α-hetero) is 1. The molecule has 1 heterocycles. The van der Waals surface area contributed by atoms with Crippen LogP contribution in [0.25, 0.3) is 0 Å². The molecule has 0 bridgehead atoms. The van der Waals surface area contributed by atoms with E-state index in [1.54, 1.807) is 26.4 Å². The van der Waals surface area contributed by atoms with Crippen molar-refractivity contribution >= 4 is 5.78 Å². The zero-order valence-corrected chi connectivity index (χ0v) is 12.3. The van der Waals surface area contributed by atoms with Gasteiger partial charge in [0, 0.05) is 12.5 Å². The Balaban J connectivity index is 2.04. The van der Waals surface area contributed by atoms with Crippen LogP contribution in [-0.4, -0.2) is 32.6 Å². The Hall–Kier alpha value is -1.55. The molecule has 4 nitrogen and oxygen atoms in total. The Bertz CT molecular complexity index is 431. The third-order valence-electron chi connectivity index (χ3n) is 3.84. The quantitative estimate of drug-likeness (QED) is 0.812. The molecular weight excluding hydrogens is 254 g/mol. The second-order valence-electron chi connectivity index (χ2n) is 5.15. The van der Waals surface area contributed by atoms with Gasteiger partial charge in [0.25, 0.3) is 0 Å². The van der Waals surface area contributed by atoms with E-state index in [1.807, 2.05) is 6.07 Å². The standard InChI is InChI=1S/C16H23NO3/c1-19-14-7-5-8-15(20-2)16(14)13(18)10-9-12-6-3-4-11-17-12/h5,7-8,12,17H,3-4,6,9-11H2,1-2H3. The minimum Gasteiger partial charge on any atom is -0.496 e. The normalized spacial score (nSPS) is 18.6. The molecule has 1 fully saturated rings. The molecule has 1 aromatic carbocycles. The summed E-state index contributed by atoms with van der Waals surface area (Å²) in [6, 6.07) is 5.90. The predicted molar refractivity (Wildman–Crippen MR) is 78.8 cm³/mol. The fourth-order valence-electron chi connectivity index (χ4n) is 2.73. The van der Waals surface area contributed by atoms with Crippen LogP contribution in [0.15, 0.2) is 18.2 Å². The number of ketones is 1. The van der Waals surface area contributed by atoms with Crippen molar-refractivity contribution in [2.45, 2.75) is 38.1 Å². The summed E-state index contributed by atoms with van der Waals surface area (Å²) in [5.74, 6) is 1.27. The van der Waals surface area contributed by atoms with Crippen LogP contribution in [0.3, 0.4) is 0 Å². The molecule has 1 aromatic rings. The molecule has 1 unspecified atom stereocenters. The van der Waals surface area contributed by atoms with Crippen LogP contribution in [0.1, 0.15) is 42.5 Å². The van der Waals surface area contributed by atoms with Crippen molar-refractivity contribution < 1.29 is 14.3 Å². The average molecular weight is 277 g/mol. The lowest BCUT2D eigenvalue weighted by Gasteiger charge is -2.23. The molecule has 0 amide bonds. The third-order valence-corrected chi connectivity index (χ3v) is 3.84. The van der Waals surface area contributed by atoms with Gasteiger partial charge in [-0.3, -0.25) is 4.79 Å². The van der Waals surface area contributed by atoms with Crippen LogP contribution >= 0.6 is 0 Å². The first-order valence-electron chi connectivity index (χ1n) is 7.24. The van der Waals surface area contributed by atoms with Crippen molar-refractivity contribution in [3.05, 3.63) is 23.8 Å². The van der Waals surface area contributed by atoms with Gasteiger partial charge in [-0.05, 0) is 37.9 Å². The topological polar surface area (TPSA) is 47.6 Å². The molecule has 1 aliphatic heterocycles. The number of nitrogens with one attached hydrogen (secondary N) is 1. The first-order valence-corrected chi connectivity index (χ1v) is 7.24. The first kappa shape index (κ1) is 14.9. The van der Waals surface area contributed by atoms with E-state index in [0.717, 1.165) is 19.4 Å². The lowest BCUT2D eigenvalue weighted by molar-refractivity contribution is 0.0968. The van der Waals surface area contributed by atoms with E-state index < -0.39 is 0 Å². The number of hydrogen-bond acceptors (Lipinski definition) is 4. The number of hydrogen-bond donors (Lipinski definition) is 1. The Labute approximate surface area is 120 Å². The number of piperidine rings is 1. The van der Waals surface area contributed by atoms with Crippen LogP contribution in [0, 0.1) is 0 Å². The highest BCUT2D eigenvalue weighted by Crippen LogP contribution is 2.30. The van der Waals surface area contributed by atoms with Crippen LogP contribution in [0.2, 0.25) is 0 Å². The molecule has 2 rings (SSSR count). The molecule has 1 aliphatic rings. The van der Waals surface area contributed by atoms with Crippen LogP contribution in [-0.2, 0) is 0 Å². The Morgan fingerprint density at radius 3 is 2.50 bits per heavy atom. The maximum absolute atomic E-state index is 12.5. The molecule has 1 N–H and O–H groups in total. The van der Waals surface area contributed by atoms with Crippen LogP contribution in [0.5, 0.6) is 11.5 Å². The van der Waals surface area contributed by atoms with E-state index >= 15 is 0 Å². The molecule has 110 valence electrons. The van der Waals surface area contributed by atoms with Gasteiger partial charge in [-0.1, -0.05) is 12.5 Å². The van der Waals surface area contributed by atoms with E-state index in [2.05, 4.69) is 5.32 Å². The average Bonchev–Trinajstić information content (AvgIpc) is 2.52. The lowest BCUT2D eigenvalue weighted by atomic mass is 9.97. The van der Waals surface area contributed by atoms with Crippen molar-refractivity contribution in [2.24, 2.45) is 0 Å². The first-order chi connectivity index (χ1) is 9.76. The number of methoxy groups -OCH3 is 2. The Morgan fingerprint density at radius 2 is 1.95 bits per heavy atom. The summed E-state index contributed by atoms with van der Waals surface area (Å²) < 4.78 is 10.6. The molecule has 1 saturated heterocycles. The lowest BCUT2D eigenvalue weighted by Crippen LogP contribution is -2.34. The molecule has 0 saturated carbocycles. The second-order valence-corrected chi connectivity index (χ2v) is 5.15. The molecule has 0 spiro atoms. The minimum absolute atomic E-state index is 0.0895. The molecule has 4 heteroatoms. The van der Waals surface area contributed by atoms with Gasteiger partial charge in [-0.25, -0.2) is 0 Å². The maximum atomic E-state index is 12.5. The summed E-state index contributed by atoms with van der Waals surface area (Å²) in [6.07, 6.45) is 5.05. The number of benzene rings is 1. The highest BCUT2D eigenvalue weighted by molar-refractivity contribution is 6.01. The smallest absolute Gasteiger partial charge is 0.170 e. The predicted octanol–water partition coefficient (Wildman–Crippen LogP) is 2.81. The second kappa shape index (κ2) is 7.29. The monoisotopic (exact) mass is 277 g/mol. The zero-order valence-electron chi connectivity index (χ0n) is 12.3. The number of ether oxygens (including phenoxy) is 2. The van der Waals surface area contributed by atoms with Crippen molar-refractivity contribution in [1.29, 1.82) is 0 Å². The van der Waals surface area contributed by atoms with E-state index in [4.69, 9.17) is 9.47 Å². The van der Waals surface area contributed by atoms with Gasteiger partial charge >= 0.3 is 0 Å². The van der Waals surface area contributed by atoms with Gasteiger partial charge in [-0.15, -0.1) is 0 Å². The van der Waals surface area contributed by atoms with Gasteiger partial charge in [-0.2, -0.15) is 0 Å². The van der Waals surface area contributed by atoms with E-state index in [-0.39, 0.29) is 5.78 Å². The van der Waals surface area contributed by atoms with Crippen molar-refractivity contribution in [3.63, 3.8) is 0 Å². The molecular formula is C16H23NO3. The van der Waals surface area contributed by atoms with Crippen molar-refractivity contribution in [3.8, 4) is 11.5 Å². The minimum atomic E-state index is 0.0895. The van der Waals surface area contributed by atoms with E-state index in [1.165, 1.54) is 12.8 Å². The molecule has 0 aliphatic carbocycles. The fourth-order valence-corrected chi connectivity index (χ4v) is 2.73.